The second-order valence-corrected chi connectivity index (χ2v) is 6.26. The summed E-state index contributed by atoms with van der Waals surface area (Å²) >= 11 is 1.46. The quantitative estimate of drug-likeness (QED) is 0.798. The summed E-state index contributed by atoms with van der Waals surface area (Å²) in [5, 5.41) is 6.93. The van der Waals surface area contributed by atoms with Crippen molar-refractivity contribution in [3.05, 3.63) is 57.5 Å². The Morgan fingerprint density at radius 2 is 1.83 bits per heavy atom. The van der Waals surface area contributed by atoms with Gasteiger partial charge in [-0.1, -0.05) is 0 Å². The highest BCUT2D eigenvalue weighted by atomic mass is 35.5. The standard InChI is InChI=1S/C16H16F4N2S.ClH/c17-14-2-1-12(16(18,19)20)9-13(14)15(11-3-8-23-10-11)22-6-4-21-5-7-22;/h1-3,8-10,15,21H,4-7H2;1H/t15-;/m0./s1. The lowest BCUT2D eigenvalue weighted by molar-refractivity contribution is -0.137. The first-order valence-electron chi connectivity index (χ1n) is 7.30. The number of halogens is 5. The zero-order valence-corrected chi connectivity index (χ0v) is 14.3. The molecule has 1 aromatic carbocycles. The fraction of sp³-hybridized carbons (Fsp3) is 0.375. The smallest absolute Gasteiger partial charge is 0.314 e. The van der Waals surface area contributed by atoms with E-state index in [0.29, 0.717) is 13.1 Å². The summed E-state index contributed by atoms with van der Waals surface area (Å²) < 4.78 is 53.4. The van der Waals surface area contributed by atoms with Crippen LogP contribution in [0.25, 0.3) is 0 Å². The van der Waals surface area contributed by atoms with Crippen LogP contribution >= 0.6 is 23.7 Å². The number of hydrogen-bond acceptors (Lipinski definition) is 3. The molecular formula is C16H17ClF4N2S. The largest absolute Gasteiger partial charge is 0.416 e. The van der Waals surface area contributed by atoms with E-state index < -0.39 is 23.6 Å². The summed E-state index contributed by atoms with van der Waals surface area (Å²) in [6, 6.07) is 4.00. The van der Waals surface area contributed by atoms with Crippen LogP contribution in [0.2, 0.25) is 0 Å². The summed E-state index contributed by atoms with van der Waals surface area (Å²) in [6.07, 6.45) is -4.48. The molecule has 0 spiro atoms. The van der Waals surface area contributed by atoms with Crippen molar-refractivity contribution in [3.8, 4) is 0 Å². The van der Waals surface area contributed by atoms with Crippen molar-refractivity contribution < 1.29 is 17.6 Å². The van der Waals surface area contributed by atoms with Gasteiger partial charge in [0.1, 0.15) is 5.82 Å². The van der Waals surface area contributed by atoms with Crippen molar-refractivity contribution in [1.29, 1.82) is 0 Å². The molecule has 1 aliphatic heterocycles. The lowest BCUT2D eigenvalue weighted by atomic mass is 9.96. The number of thiophene rings is 1. The Hall–Kier alpha value is -1.15. The lowest BCUT2D eigenvalue weighted by Crippen LogP contribution is -2.45. The number of alkyl halides is 3. The van der Waals surface area contributed by atoms with E-state index in [9.17, 15) is 17.6 Å². The Balaban J connectivity index is 0.00000208. The van der Waals surface area contributed by atoms with Gasteiger partial charge in [-0.25, -0.2) is 4.39 Å². The first kappa shape index (κ1) is 19.2. The van der Waals surface area contributed by atoms with E-state index in [1.165, 1.54) is 11.3 Å². The van der Waals surface area contributed by atoms with Crippen LogP contribution in [0.1, 0.15) is 22.7 Å². The molecule has 8 heteroatoms. The van der Waals surface area contributed by atoms with E-state index >= 15 is 0 Å². The molecule has 1 atom stereocenters. The highest BCUT2D eigenvalue weighted by Gasteiger charge is 2.33. The van der Waals surface area contributed by atoms with Gasteiger partial charge in [0.25, 0.3) is 0 Å². The summed E-state index contributed by atoms with van der Waals surface area (Å²) in [5.74, 6) is -0.604. The molecule has 0 saturated carbocycles. The molecule has 1 aliphatic rings. The third-order valence-corrected chi connectivity index (χ3v) is 4.70. The Kier molecular flexibility index (Phi) is 6.25. The molecule has 0 radical (unpaired) electrons. The molecule has 3 rings (SSSR count). The molecule has 1 fully saturated rings. The van der Waals surface area contributed by atoms with Crippen LogP contribution in [0.5, 0.6) is 0 Å². The van der Waals surface area contributed by atoms with Gasteiger partial charge in [-0.05, 0) is 40.6 Å². The third kappa shape index (κ3) is 4.08. The van der Waals surface area contributed by atoms with Crippen molar-refractivity contribution in [1.82, 2.24) is 10.2 Å². The third-order valence-electron chi connectivity index (χ3n) is 3.99. The average Bonchev–Trinajstić information content (AvgIpc) is 3.03. The first-order chi connectivity index (χ1) is 11.0. The fourth-order valence-corrected chi connectivity index (χ4v) is 3.57. The van der Waals surface area contributed by atoms with E-state index in [4.69, 9.17) is 0 Å². The van der Waals surface area contributed by atoms with Gasteiger partial charge in [-0.2, -0.15) is 24.5 Å². The zero-order chi connectivity index (χ0) is 16.4. The summed E-state index contributed by atoms with van der Waals surface area (Å²) in [5.41, 5.74) is 0.0968. The van der Waals surface area contributed by atoms with E-state index in [1.807, 2.05) is 21.7 Å². The number of piperazine rings is 1. The second kappa shape index (κ2) is 7.82. The maximum absolute atomic E-state index is 14.3. The number of nitrogens with one attached hydrogen (secondary N) is 1. The Morgan fingerprint density at radius 3 is 2.42 bits per heavy atom. The van der Waals surface area contributed by atoms with Gasteiger partial charge in [0.05, 0.1) is 11.6 Å². The topological polar surface area (TPSA) is 15.3 Å². The SMILES string of the molecule is Cl.Fc1ccc(C(F)(F)F)cc1[C@H](c1ccsc1)N1CCNCC1. The number of nitrogens with zero attached hydrogens (tertiary/aromatic N) is 1. The minimum absolute atomic E-state index is 0. The average molecular weight is 381 g/mol. The van der Waals surface area contributed by atoms with E-state index in [2.05, 4.69) is 5.32 Å². The van der Waals surface area contributed by atoms with Crippen LogP contribution < -0.4 is 5.32 Å². The number of benzene rings is 1. The molecule has 1 aromatic heterocycles. The maximum atomic E-state index is 14.3. The predicted molar refractivity (Wildman–Crippen MR) is 89.3 cm³/mol. The van der Waals surface area contributed by atoms with Gasteiger partial charge in [0, 0.05) is 31.7 Å². The van der Waals surface area contributed by atoms with Crippen molar-refractivity contribution in [2.24, 2.45) is 0 Å². The second-order valence-electron chi connectivity index (χ2n) is 5.48. The molecule has 2 heterocycles. The van der Waals surface area contributed by atoms with Gasteiger partial charge < -0.3 is 5.32 Å². The zero-order valence-electron chi connectivity index (χ0n) is 12.6. The molecule has 2 nitrogen and oxygen atoms in total. The monoisotopic (exact) mass is 380 g/mol. The maximum Gasteiger partial charge on any atom is 0.416 e. The number of hydrogen-bond donors (Lipinski definition) is 1. The Labute approximate surface area is 147 Å². The molecule has 1 saturated heterocycles. The van der Waals surface area contributed by atoms with Crippen LogP contribution in [0.15, 0.2) is 35.0 Å². The summed E-state index contributed by atoms with van der Waals surface area (Å²) in [6.45, 7) is 2.80. The predicted octanol–water partition coefficient (Wildman–Crippen LogP) is 4.32. The fourth-order valence-electron chi connectivity index (χ4n) is 2.89. The van der Waals surface area contributed by atoms with Crippen LogP contribution in [0, 0.1) is 5.82 Å². The Bertz CT molecular complexity index is 655. The van der Waals surface area contributed by atoms with Crippen molar-refractivity contribution >= 4 is 23.7 Å². The molecule has 0 bridgehead atoms. The van der Waals surface area contributed by atoms with Gasteiger partial charge in [0.2, 0.25) is 0 Å². The van der Waals surface area contributed by atoms with Gasteiger partial charge in [-0.3, -0.25) is 4.90 Å². The minimum atomic E-state index is -4.48. The molecule has 0 unspecified atom stereocenters. The molecule has 24 heavy (non-hydrogen) atoms. The van der Waals surface area contributed by atoms with Crippen molar-refractivity contribution in [2.75, 3.05) is 26.2 Å². The number of rotatable bonds is 3. The summed E-state index contributed by atoms with van der Waals surface area (Å²) in [7, 11) is 0. The van der Waals surface area contributed by atoms with Crippen LogP contribution in [0.3, 0.4) is 0 Å². The molecule has 0 amide bonds. The van der Waals surface area contributed by atoms with Crippen LogP contribution in [0.4, 0.5) is 17.6 Å². The van der Waals surface area contributed by atoms with E-state index in [1.54, 1.807) is 0 Å². The molecule has 0 aliphatic carbocycles. The van der Waals surface area contributed by atoms with Crippen LogP contribution in [-0.4, -0.2) is 31.1 Å². The molecule has 1 N–H and O–H groups in total. The van der Waals surface area contributed by atoms with Gasteiger partial charge in [0.15, 0.2) is 0 Å². The molecular weight excluding hydrogens is 364 g/mol. The first-order valence-corrected chi connectivity index (χ1v) is 8.24. The van der Waals surface area contributed by atoms with E-state index in [-0.39, 0.29) is 18.0 Å². The normalized spacial score (nSPS) is 17.3. The van der Waals surface area contributed by atoms with Crippen molar-refractivity contribution in [3.63, 3.8) is 0 Å². The highest BCUT2D eigenvalue weighted by Crippen LogP contribution is 2.36. The summed E-state index contributed by atoms with van der Waals surface area (Å²) in [4.78, 5) is 2.02. The highest BCUT2D eigenvalue weighted by molar-refractivity contribution is 7.08. The van der Waals surface area contributed by atoms with E-state index in [0.717, 1.165) is 36.9 Å². The minimum Gasteiger partial charge on any atom is -0.314 e. The lowest BCUT2D eigenvalue weighted by Gasteiger charge is -2.35. The van der Waals surface area contributed by atoms with Gasteiger partial charge >= 0.3 is 6.18 Å². The van der Waals surface area contributed by atoms with Crippen molar-refractivity contribution in [2.45, 2.75) is 12.2 Å². The van der Waals surface area contributed by atoms with Gasteiger partial charge in [-0.15, -0.1) is 12.4 Å². The molecule has 132 valence electrons. The molecule has 2 aromatic rings. The van der Waals surface area contributed by atoms with Crippen LogP contribution in [-0.2, 0) is 6.18 Å². The Morgan fingerprint density at radius 1 is 1.12 bits per heavy atom.